The molecule has 30 heavy (non-hydrogen) atoms. The minimum absolute atomic E-state index is 0.00783. The van der Waals surface area contributed by atoms with Gasteiger partial charge in [0.05, 0.1) is 25.8 Å². The fraction of sp³-hybridized carbons (Fsp3) is 0.480. The minimum Gasteiger partial charge on any atom is -0.497 e. The lowest BCUT2D eigenvalue weighted by Gasteiger charge is -2.40. The highest BCUT2D eigenvalue weighted by atomic mass is 16.5. The summed E-state index contributed by atoms with van der Waals surface area (Å²) in [5, 5.41) is 13.5. The van der Waals surface area contributed by atoms with Gasteiger partial charge in [-0.3, -0.25) is 4.79 Å². The number of fused-ring (bicyclic) bond motifs is 3. The molecule has 2 aromatic carbocycles. The van der Waals surface area contributed by atoms with E-state index < -0.39 is 0 Å². The molecule has 5 heteroatoms. The van der Waals surface area contributed by atoms with Gasteiger partial charge in [0.2, 0.25) is 5.91 Å². The van der Waals surface area contributed by atoms with E-state index in [1.54, 1.807) is 7.11 Å². The molecule has 3 atom stereocenters. The quantitative estimate of drug-likeness (QED) is 0.798. The van der Waals surface area contributed by atoms with E-state index in [4.69, 9.17) is 4.74 Å². The fourth-order valence-electron chi connectivity index (χ4n) is 5.70. The first-order valence-electron chi connectivity index (χ1n) is 11.2. The molecule has 1 amide bonds. The topological polar surface area (TPSA) is 61.8 Å². The van der Waals surface area contributed by atoms with Crippen molar-refractivity contribution in [3.63, 3.8) is 0 Å². The molecular weight excluding hydrogens is 376 g/mol. The number of methoxy groups -OCH3 is 1. The molecule has 5 nitrogen and oxygen atoms in total. The maximum absolute atomic E-state index is 13.4. The first-order chi connectivity index (χ1) is 14.7. The molecule has 2 fully saturated rings. The van der Waals surface area contributed by atoms with Gasteiger partial charge in [-0.2, -0.15) is 0 Å². The second-order valence-corrected chi connectivity index (χ2v) is 8.88. The summed E-state index contributed by atoms with van der Waals surface area (Å²) >= 11 is 0. The first kappa shape index (κ1) is 19.4. The van der Waals surface area contributed by atoms with Crippen molar-refractivity contribution < 1.29 is 14.6 Å². The van der Waals surface area contributed by atoms with Gasteiger partial charge in [-0.25, -0.2) is 0 Å². The highest BCUT2D eigenvalue weighted by Crippen LogP contribution is 2.48. The van der Waals surface area contributed by atoms with Crippen LogP contribution in [0.25, 0.3) is 11.1 Å². The van der Waals surface area contributed by atoms with E-state index in [0.717, 1.165) is 61.2 Å². The zero-order valence-electron chi connectivity index (χ0n) is 17.5. The number of aliphatic hydroxyl groups excluding tert-OH is 1. The molecule has 158 valence electrons. The normalized spacial score (nSPS) is 25.5. The predicted molar refractivity (Wildman–Crippen MR) is 117 cm³/mol. The van der Waals surface area contributed by atoms with E-state index in [2.05, 4.69) is 34.5 Å². The Morgan fingerprint density at radius 2 is 1.93 bits per heavy atom. The third-order valence-corrected chi connectivity index (χ3v) is 7.26. The predicted octanol–water partition coefficient (Wildman–Crippen LogP) is 4.23. The number of aliphatic hydroxyl groups is 1. The average Bonchev–Trinajstić information content (AvgIpc) is 3.48. The van der Waals surface area contributed by atoms with E-state index in [9.17, 15) is 9.90 Å². The average molecular weight is 407 g/mol. The van der Waals surface area contributed by atoms with Crippen LogP contribution in [0.2, 0.25) is 0 Å². The van der Waals surface area contributed by atoms with Gasteiger partial charge in [-0.05, 0) is 60.2 Å². The molecule has 2 N–H and O–H groups in total. The van der Waals surface area contributed by atoms with E-state index in [1.165, 1.54) is 5.56 Å². The molecule has 0 bridgehead atoms. The summed E-state index contributed by atoms with van der Waals surface area (Å²) < 4.78 is 5.40. The number of nitrogens with zero attached hydrogens (tertiary/aromatic N) is 1. The van der Waals surface area contributed by atoms with Gasteiger partial charge in [0.1, 0.15) is 5.75 Å². The monoisotopic (exact) mass is 406 g/mol. The number of benzene rings is 2. The molecule has 1 saturated heterocycles. The number of anilines is 1. The number of ether oxygens (including phenoxy) is 1. The minimum atomic E-state index is -0.00783. The number of carbonyl (C=O) groups is 1. The maximum Gasteiger partial charge on any atom is 0.226 e. The molecule has 3 aliphatic rings. The van der Waals surface area contributed by atoms with Gasteiger partial charge < -0.3 is 20.1 Å². The lowest BCUT2D eigenvalue weighted by Crippen LogP contribution is -2.44. The molecule has 0 radical (unpaired) electrons. The van der Waals surface area contributed by atoms with E-state index in [0.29, 0.717) is 5.91 Å². The number of hydrogen-bond donors (Lipinski definition) is 2. The number of rotatable bonds is 4. The van der Waals surface area contributed by atoms with Crippen molar-refractivity contribution in [3.8, 4) is 16.9 Å². The van der Waals surface area contributed by atoms with Gasteiger partial charge in [0.25, 0.3) is 0 Å². The lowest BCUT2D eigenvalue weighted by molar-refractivity contribution is -0.136. The molecule has 1 aliphatic carbocycles. The summed E-state index contributed by atoms with van der Waals surface area (Å²) in [4.78, 5) is 15.5. The van der Waals surface area contributed by atoms with Crippen LogP contribution < -0.4 is 10.1 Å². The van der Waals surface area contributed by atoms with Crippen molar-refractivity contribution in [1.29, 1.82) is 0 Å². The molecule has 2 aliphatic heterocycles. The van der Waals surface area contributed by atoms with Crippen LogP contribution in [0.3, 0.4) is 0 Å². The Morgan fingerprint density at radius 1 is 1.13 bits per heavy atom. The number of amides is 1. The Bertz CT molecular complexity index is 938. The van der Waals surface area contributed by atoms with E-state index in [1.807, 2.05) is 18.2 Å². The van der Waals surface area contributed by atoms with Gasteiger partial charge in [-0.1, -0.05) is 31.0 Å². The van der Waals surface area contributed by atoms with Crippen molar-refractivity contribution in [2.75, 3.05) is 25.6 Å². The van der Waals surface area contributed by atoms with Crippen molar-refractivity contribution in [3.05, 3.63) is 48.0 Å². The first-order valence-corrected chi connectivity index (χ1v) is 11.2. The summed E-state index contributed by atoms with van der Waals surface area (Å²) in [7, 11) is 1.68. The van der Waals surface area contributed by atoms with Gasteiger partial charge in [0.15, 0.2) is 0 Å². The molecule has 5 rings (SSSR count). The SMILES string of the molecule is COc1cccc(-c2ccc3c(c2)[C@H]2[C@H](CCN2C(=O)C2CCCC2)[C@H](CO)N3)c1. The van der Waals surface area contributed by atoms with Crippen molar-refractivity contribution in [2.45, 2.75) is 44.2 Å². The zero-order chi connectivity index (χ0) is 20.7. The van der Waals surface area contributed by atoms with Gasteiger partial charge >= 0.3 is 0 Å². The molecule has 0 spiro atoms. The Hall–Kier alpha value is -2.53. The van der Waals surface area contributed by atoms with Crippen LogP contribution >= 0.6 is 0 Å². The second-order valence-electron chi connectivity index (χ2n) is 8.88. The molecule has 0 unspecified atom stereocenters. The highest BCUT2D eigenvalue weighted by molar-refractivity contribution is 5.81. The molecule has 0 aromatic heterocycles. The lowest BCUT2D eigenvalue weighted by atomic mass is 9.82. The van der Waals surface area contributed by atoms with Crippen molar-refractivity contribution in [2.24, 2.45) is 11.8 Å². The van der Waals surface area contributed by atoms with E-state index >= 15 is 0 Å². The standard InChI is InChI=1S/C25H30N2O3/c1-30-19-8-4-7-17(13-19)18-9-10-22-21(14-18)24-20(23(15-28)26-22)11-12-27(24)25(29)16-5-2-3-6-16/h4,7-10,13-14,16,20,23-24,26,28H,2-3,5-6,11-12,15H2,1H3/t20-,23+,24-/m1/s1. The van der Waals surface area contributed by atoms with E-state index in [-0.39, 0.29) is 30.5 Å². The number of likely N-dealkylation sites (tertiary alicyclic amines) is 1. The molecule has 2 heterocycles. The van der Waals surface area contributed by atoms with Crippen LogP contribution in [0.5, 0.6) is 5.75 Å². The zero-order valence-corrected chi connectivity index (χ0v) is 17.5. The summed E-state index contributed by atoms with van der Waals surface area (Å²) in [5.74, 6) is 1.57. The molecule has 1 saturated carbocycles. The smallest absolute Gasteiger partial charge is 0.226 e. The Kier molecular flexibility index (Phi) is 5.15. The van der Waals surface area contributed by atoms with Crippen LogP contribution in [-0.4, -0.2) is 42.2 Å². The highest BCUT2D eigenvalue weighted by Gasteiger charge is 2.47. The van der Waals surface area contributed by atoms with Gasteiger partial charge in [-0.15, -0.1) is 0 Å². The van der Waals surface area contributed by atoms with Crippen LogP contribution in [0.15, 0.2) is 42.5 Å². The number of hydrogen-bond acceptors (Lipinski definition) is 4. The summed E-state index contributed by atoms with van der Waals surface area (Å²) in [6, 6.07) is 14.5. The van der Waals surface area contributed by atoms with Crippen LogP contribution in [0, 0.1) is 11.8 Å². The third kappa shape index (κ3) is 3.25. The van der Waals surface area contributed by atoms with Crippen LogP contribution in [0.1, 0.15) is 43.7 Å². The Morgan fingerprint density at radius 3 is 2.70 bits per heavy atom. The second kappa shape index (κ2) is 7.95. The van der Waals surface area contributed by atoms with Crippen LogP contribution in [0.4, 0.5) is 5.69 Å². The maximum atomic E-state index is 13.4. The summed E-state index contributed by atoms with van der Waals surface area (Å²) in [6.45, 7) is 0.870. The molecule has 2 aromatic rings. The Labute approximate surface area is 178 Å². The van der Waals surface area contributed by atoms with Crippen molar-refractivity contribution >= 4 is 11.6 Å². The summed E-state index contributed by atoms with van der Waals surface area (Å²) in [5.41, 5.74) is 4.43. The molecular formula is C25H30N2O3. The fourth-order valence-corrected chi connectivity index (χ4v) is 5.70. The number of nitrogens with one attached hydrogen (secondary N) is 1. The summed E-state index contributed by atoms with van der Waals surface area (Å²) in [6.07, 6.45) is 5.30. The Balaban J connectivity index is 1.54. The van der Waals surface area contributed by atoms with Crippen LogP contribution in [-0.2, 0) is 4.79 Å². The van der Waals surface area contributed by atoms with Gasteiger partial charge in [0, 0.05) is 24.1 Å². The largest absolute Gasteiger partial charge is 0.497 e. The third-order valence-electron chi connectivity index (χ3n) is 7.26. The van der Waals surface area contributed by atoms with Crippen molar-refractivity contribution in [1.82, 2.24) is 4.90 Å². The number of carbonyl (C=O) groups excluding carboxylic acids is 1.